The molecule has 0 unspecified atom stereocenters. The molecule has 1 aromatic heterocycles. The van der Waals surface area contributed by atoms with Crippen molar-refractivity contribution in [3.8, 4) is 0 Å². The number of hydrogen-bond donors (Lipinski definition) is 1. The Balaban J connectivity index is 2.65. The molecule has 1 heterocycles. The van der Waals surface area contributed by atoms with Gasteiger partial charge in [0.25, 0.3) is 0 Å². The van der Waals surface area contributed by atoms with Crippen molar-refractivity contribution in [1.29, 1.82) is 0 Å². The van der Waals surface area contributed by atoms with Crippen molar-refractivity contribution in [2.75, 3.05) is 5.73 Å². The maximum atomic E-state index is 11.6. The second-order valence-corrected chi connectivity index (χ2v) is 2.01. The van der Waals surface area contributed by atoms with Gasteiger partial charge in [-0.25, -0.2) is 0 Å². The van der Waals surface area contributed by atoms with E-state index in [2.05, 4.69) is 9.68 Å². The lowest BCUT2D eigenvalue weighted by Crippen LogP contribution is -2.11. The molecule has 1 aromatic rings. The summed E-state index contributed by atoms with van der Waals surface area (Å²) in [5.74, 6) is -0.107. The minimum atomic E-state index is -4.26. The molecule has 0 bridgehead atoms. The molecule has 6 heteroatoms. The van der Waals surface area contributed by atoms with Crippen LogP contribution in [0.3, 0.4) is 0 Å². The molecule has 0 atom stereocenters. The first kappa shape index (κ1) is 7.90. The maximum Gasteiger partial charge on any atom is 0.394 e. The molecule has 2 N–H and O–H groups in total. The molecule has 0 fully saturated rings. The van der Waals surface area contributed by atoms with Crippen molar-refractivity contribution in [2.24, 2.45) is 0 Å². The van der Waals surface area contributed by atoms with E-state index in [0.717, 1.165) is 6.07 Å². The molecule has 1 rings (SSSR count). The Morgan fingerprint density at radius 1 is 1.55 bits per heavy atom. The Morgan fingerprint density at radius 2 is 2.18 bits per heavy atom. The van der Waals surface area contributed by atoms with Gasteiger partial charge in [0.05, 0.1) is 12.1 Å². The molecule has 0 amide bonds. The first-order chi connectivity index (χ1) is 4.97. The van der Waals surface area contributed by atoms with Crippen LogP contribution in [0.4, 0.5) is 19.1 Å². The van der Waals surface area contributed by atoms with Gasteiger partial charge < -0.3 is 10.3 Å². The summed E-state index contributed by atoms with van der Waals surface area (Å²) in [5, 5.41) is 3.08. The van der Waals surface area contributed by atoms with Gasteiger partial charge in [0.15, 0.2) is 0 Å². The third kappa shape index (κ3) is 2.48. The zero-order valence-electron chi connectivity index (χ0n) is 5.35. The predicted molar refractivity (Wildman–Crippen MR) is 30.7 cm³/mol. The van der Waals surface area contributed by atoms with Crippen LogP contribution in [0.1, 0.15) is 5.69 Å². The van der Waals surface area contributed by atoms with Crippen molar-refractivity contribution in [1.82, 2.24) is 5.16 Å². The number of hydrogen-bond acceptors (Lipinski definition) is 3. The molecule has 0 aliphatic rings. The lowest BCUT2D eigenvalue weighted by molar-refractivity contribution is -0.128. The monoisotopic (exact) mass is 166 g/mol. The average molecular weight is 166 g/mol. The van der Waals surface area contributed by atoms with Crippen LogP contribution in [-0.4, -0.2) is 11.3 Å². The first-order valence-electron chi connectivity index (χ1n) is 2.75. The lowest BCUT2D eigenvalue weighted by atomic mass is 10.3. The normalized spacial score (nSPS) is 11.9. The molecule has 0 spiro atoms. The van der Waals surface area contributed by atoms with Crippen LogP contribution in [0.2, 0.25) is 0 Å². The van der Waals surface area contributed by atoms with Gasteiger partial charge in [-0.2, -0.15) is 13.2 Å². The third-order valence-electron chi connectivity index (χ3n) is 0.959. The standard InChI is InChI=1S/C5H5F3N2O/c6-5(7,8)2-3-1-4(9)11-10-3/h1H,2,9H2. The van der Waals surface area contributed by atoms with E-state index < -0.39 is 12.6 Å². The number of nitrogens with two attached hydrogens (primary N) is 1. The molecular weight excluding hydrogens is 161 g/mol. The van der Waals surface area contributed by atoms with Crippen molar-refractivity contribution in [3.63, 3.8) is 0 Å². The smallest absolute Gasteiger partial charge is 0.368 e. The highest BCUT2D eigenvalue weighted by atomic mass is 19.4. The van der Waals surface area contributed by atoms with Gasteiger partial charge in [-0.15, -0.1) is 0 Å². The van der Waals surface area contributed by atoms with Crippen molar-refractivity contribution >= 4 is 5.88 Å². The van der Waals surface area contributed by atoms with E-state index in [1.807, 2.05) is 0 Å². The van der Waals surface area contributed by atoms with Crippen LogP contribution in [0.15, 0.2) is 10.6 Å². The van der Waals surface area contributed by atoms with Crippen molar-refractivity contribution in [2.45, 2.75) is 12.6 Å². The minimum Gasteiger partial charge on any atom is -0.368 e. The van der Waals surface area contributed by atoms with Gasteiger partial charge >= 0.3 is 6.18 Å². The van der Waals surface area contributed by atoms with E-state index in [1.165, 1.54) is 0 Å². The summed E-state index contributed by atoms with van der Waals surface area (Å²) in [6.07, 6.45) is -5.36. The molecule has 0 aromatic carbocycles. The highest BCUT2D eigenvalue weighted by molar-refractivity contribution is 5.24. The summed E-state index contributed by atoms with van der Waals surface area (Å²) < 4.78 is 39.1. The molecule has 11 heavy (non-hydrogen) atoms. The van der Waals surface area contributed by atoms with Gasteiger partial charge in [0.2, 0.25) is 5.88 Å². The van der Waals surface area contributed by atoms with E-state index in [-0.39, 0.29) is 11.6 Å². The number of nitrogen functional groups attached to an aromatic ring is 1. The van der Waals surface area contributed by atoms with Gasteiger partial charge in [-0.3, -0.25) is 0 Å². The number of nitrogens with zero attached hydrogens (tertiary/aromatic N) is 1. The maximum absolute atomic E-state index is 11.6. The zero-order valence-corrected chi connectivity index (χ0v) is 5.35. The fraction of sp³-hybridized carbons (Fsp3) is 0.400. The lowest BCUT2D eigenvalue weighted by Gasteiger charge is -2.00. The average Bonchev–Trinajstić information content (AvgIpc) is 2.10. The predicted octanol–water partition coefficient (Wildman–Crippen LogP) is 1.36. The highest BCUT2D eigenvalue weighted by Crippen LogP contribution is 2.21. The Morgan fingerprint density at radius 3 is 2.55 bits per heavy atom. The van der Waals surface area contributed by atoms with Gasteiger partial charge in [0.1, 0.15) is 0 Å². The van der Waals surface area contributed by atoms with Gasteiger partial charge in [0, 0.05) is 6.07 Å². The van der Waals surface area contributed by atoms with Gasteiger partial charge in [-0.1, -0.05) is 5.16 Å². The fourth-order valence-electron chi connectivity index (χ4n) is 0.617. The zero-order chi connectivity index (χ0) is 8.48. The number of halogens is 3. The molecule has 0 saturated heterocycles. The quantitative estimate of drug-likeness (QED) is 0.685. The fourth-order valence-corrected chi connectivity index (χ4v) is 0.617. The summed E-state index contributed by atoms with van der Waals surface area (Å²) in [5.41, 5.74) is 4.80. The number of aromatic nitrogens is 1. The largest absolute Gasteiger partial charge is 0.394 e. The second-order valence-electron chi connectivity index (χ2n) is 2.01. The van der Waals surface area contributed by atoms with Crippen LogP contribution >= 0.6 is 0 Å². The Kier molecular flexibility index (Phi) is 1.76. The number of rotatable bonds is 1. The van der Waals surface area contributed by atoms with Crippen LogP contribution in [0.5, 0.6) is 0 Å². The topological polar surface area (TPSA) is 52.0 Å². The molecule has 0 aliphatic carbocycles. The SMILES string of the molecule is Nc1cc(CC(F)(F)F)no1. The summed E-state index contributed by atoms with van der Waals surface area (Å²) in [6.45, 7) is 0. The van der Waals surface area contributed by atoms with Crippen LogP contribution in [0.25, 0.3) is 0 Å². The summed E-state index contributed by atoms with van der Waals surface area (Å²) in [4.78, 5) is 0. The Hall–Kier alpha value is -1.20. The highest BCUT2D eigenvalue weighted by Gasteiger charge is 2.29. The summed E-state index contributed by atoms with van der Waals surface area (Å²) in [7, 11) is 0. The molecule has 3 nitrogen and oxygen atoms in total. The Labute approximate surface area is 60.0 Å². The van der Waals surface area contributed by atoms with E-state index in [9.17, 15) is 13.2 Å². The number of alkyl halides is 3. The summed E-state index contributed by atoms with van der Waals surface area (Å²) >= 11 is 0. The molecule has 0 saturated carbocycles. The number of anilines is 1. The van der Waals surface area contributed by atoms with Gasteiger partial charge in [-0.05, 0) is 0 Å². The third-order valence-corrected chi connectivity index (χ3v) is 0.959. The van der Waals surface area contributed by atoms with Crippen LogP contribution in [-0.2, 0) is 6.42 Å². The van der Waals surface area contributed by atoms with Crippen molar-refractivity contribution < 1.29 is 17.7 Å². The van der Waals surface area contributed by atoms with Crippen LogP contribution in [0, 0.1) is 0 Å². The molecule has 0 radical (unpaired) electrons. The minimum absolute atomic E-state index is 0.107. The first-order valence-corrected chi connectivity index (χ1v) is 2.75. The van der Waals surface area contributed by atoms with E-state index in [0.29, 0.717) is 0 Å². The van der Waals surface area contributed by atoms with Crippen molar-refractivity contribution in [3.05, 3.63) is 11.8 Å². The van der Waals surface area contributed by atoms with E-state index in [1.54, 1.807) is 0 Å². The second kappa shape index (κ2) is 2.44. The molecule has 0 aliphatic heterocycles. The van der Waals surface area contributed by atoms with Crippen LogP contribution < -0.4 is 5.73 Å². The summed E-state index contributed by atoms with van der Waals surface area (Å²) in [6, 6.07) is 1.05. The van der Waals surface area contributed by atoms with E-state index in [4.69, 9.17) is 5.73 Å². The molecular formula is C5H5F3N2O. The Bertz CT molecular complexity index is 242. The van der Waals surface area contributed by atoms with E-state index >= 15 is 0 Å². The molecule has 62 valence electrons.